The molecule has 43 heavy (non-hydrogen) atoms. The van der Waals surface area contributed by atoms with E-state index < -0.39 is 0 Å². The maximum atomic E-state index is 10.3. The fraction of sp³-hybridized carbons (Fsp3) is 0.189. The Bertz CT molecular complexity index is 1950. The first kappa shape index (κ1) is 27.2. The Labute approximate surface area is 257 Å². The number of pyridine rings is 1. The van der Waals surface area contributed by atoms with Gasteiger partial charge in [-0.25, -0.2) is 4.98 Å². The quantitative estimate of drug-likeness (QED) is 0.201. The molecular weight excluding hydrogens is 550 g/mol. The van der Waals surface area contributed by atoms with Crippen molar-refractivity contribution in [2.24, 2.45) is 0 Å². The summed E-state index contributed by atoms with van der Waals surface area (Å²) in [5, 5.41) is 11.1. The van der Waals surface area contributed by atoms with Gasteiger partial charge in [0.2, 0.25) is 0 Å². The molecule has 5 nitrogen and oxygen atoms in total. The van der Waals surface area contributed by atoms with Crippen LogP contribution < -0.4 is 4.90 Å². The molecule has 1 saturated heterocycles. The van der Waals surface area contributed by atoms with Crippen molar-refractivity contribution in [1.29, 1.82) is 5.26 Å². The normalized spacial score (nSPS) is 14.7. The van der Waals surface area contributed by atoms with Crippen LogP contribution in [0.3, 0.4) is 0 Å². The van der Waals surface area contributed by atoms with Crippen LogP contribution in [0, 0.1) is 18.3 Å². The second-order valence-electron chi connectivity index (χ2n) is 11.2. The summed E-state index contributed by atoms with van der Waals surface area (Å²) in [5.74, 6) is 1.14. The first-order valence-corrected chi connectivity index (χ1v) is 15.2. The summed E-state index contributed by atoms with van der Waals surface area (Å²) in [6, 6.07) is 40.2. The minimum absolute atomic E-state index is 0.0673. The van der Waals surface area contributed by atoms with Crippen LogP contribution in [-0.4, -0.2) is 40.5 Å². The molecule has 0 bridgehead atoms. The topological polar surface area (TPSA) is 47.6 Å². The largest absolute Gasteiger partial charge is 0.355 e. The van der Waals surface area contributed by atoms with Crippen molar-refractivity contribution in [1.82, 2.24) is 14.3 Å². The summed E-state index contributed by atoms with van der Waals surface area (Å²) in [7, 11) is 0. The number of hydrogen-bond acceptors (Lipinski definition) is 4. The number of para-hydroxylation sites is 2. The van der Waals surface area contributed by atoms with Gasteiger partial charge in [0.15, 0.2) is 5.65 Å². The van der Waals surface area contributed by atoms with Gasteiger partial charge >= 0.3 is 0 Å². The van der Waals surface area contributed by atoms with E-state index in [0.717, 1.165) is 71.2 Å². The molecule has 0 N–H and O–H groups in total. The molecule has 6 aromatic rings. The second-order valence-corrected chi connectivity index (χ2v) is 11.6. The molecule has 212 valence electrons. The van der Waals surface area contributed by atoms with E-state index in [0.29, 0.717) is 5.56 Å². The van der Waals surface area contributed by atoms with Gasteiger partial charge in [-0.3, -0.25) is 9.30 Å². The van der Waals surface area contributed by atoms with Crippen molar-refractivity contribution >= 4 is 34.1 Å². The van der Waals surface area contributed by atoms with Crippen molar-refractivity contribution in [2.45, 2.75) is 19.4 Å². The number of imidazole rings is 1. The first-order chi connectivity index (χ1) is 21.1. The second kappa shape index (κ2) is 11.6. The van der Waals surface area contributed by atoms with E-state index in [1.165, 1.54) is 16.7 Å². The third-order valence-corrected chi connectivity index (χ3v) is 9.07. The fourth-order valence-corrected chi connectivity index (χ4v) is 6.86. The molecule has 1 atom stereocenters. The van der Waals surface area contributed by atoms with Crippen LogP contribution in [0.1, 0.15) is 39.4 Å². The molecule has 0 saturated carbocycles. The van der Waals surface area contributed by atoms with Gasteiger partial charge in [-0.05, 0) is 47.4 Å². The summed E-state index contributed by atoms with van der Waals surface area (Å²) >= 11 is 6.79. The average molecular weight is 582 g/mol. The maximum Gasteiger partial charge on any atom is 0.157 e. The monoisotopic (exact) mass is 581 g/mol. The number of halogens is 1. The van der Waals surface area contributed by atoms with Crippen molar-refractivity contribution in [2.75, 3.05) is 31.1 Å². The summed E-state index contributed by atoms with van der Waals surface area (Å²) in [6.07, 6.45) is 0.742. The van der Waals surface area contributed by atoms with E-state index in [-0.39, 0.29) is 6.04 Å². The molecule has 6 heteroatoms. The van der Waals surface area contributed by atoms with Crippen LogP contribution in [0.5, 0.6) is 0 Å². The van der Waals surface area contributed by atoms with E-state index in [9.17, 15) is 5.26 Å². The smallest absolute Gasteiger partial charge is 0.157 e. The molecule has 0 spiro atoms. The lowest BCUT2D eigenvalue weighted by Gasteiger charge is -2.41. The highest BCUT2D eigenvalue weighted by Gasteiger charge is 2.31. The number of nitrogens with zero attached hydrogens (tertiary/aromatic N) is 5. The zero-order valence-electron chi connectivity index (χ0n) is 24.1. The summed E-state index contributed by atoms with van der Waals surface area (Å²) in [4.78, 5) is 10.0. The summed E-state index contributed by atoms with van der Waals surface area (Å²) in [6.45, 7) is 5.48. The Morgan fingerprint density at radius 1 is 0.814 bits per heavy atom. The van der Waals surface area contributed by atoms with E-state index in [1.54, 1.807) is 0 Å². The third kappa shape index (κ3) is 4.93. The van der Waals surface area contributed by atoms with E-state index >= 15 is 0 Å². The predicted molar refractivity (Wildman–Crippen MR) is 175 cm³/mol. The number of fused-ring (bicyclic) bond motifs is 3. The highest BCUT2D eigenvalue weighted by Crippen LogP contribution is 2.38. The van der Waals surface area contributed by atoms with E-state index in [4.69, 9.17) is 16.6 Å². The minimum Gasteiger partial charge on any atom is -0.355 e. The van der Waals surface area contributed by atoms with Crippen molar-refractivity contribution in [3.63, 3.8) is 0 Å². The molecule has 1 aliphatic heterocycles. The molecule has 7 rings (SSSR count). The van der Waals surface area contributed by atoms with Gasteiger partial charge in [0.1, 0.15) is 11.9 Å². The highest BCUT2D eigenvalue weighted by molar-refractivity contribution is 6.31. The lowest BCUT2D eigenvalue weighted by Crippen LogP contribution is -2.48. The number of piperazine rings is 1. The molecule has 4 aromatic carbocycles. The van der Waals surface area contributed by atoms with Crippen LogP contribution in [0.4, 0.5) is 5.82 Å². The lowest BCUT2D eigenvalue weighted by atomic mass is 9.95. The molecule has 0 amide bonds. The molecule has 0 radical (unpaired) electrons. The Balaban J connectivity index is 1.33. The Morgan fingerprint density at radius 3 is 2.19 bits per heavy atom. The Morgan fingerprint density at radius 2 is 1.47 bits per heavy atom. The number of benzene rings is 4. The zero-order valence-corrected chi connectivity index (χ0v) is 24.9. The van der Waals surface area contributed by atoms with Crippen LogP contribution in [0.2, 0.25) is 5.02 Å². The van der Waals surface area contributed by atoms with Crippen LogP contribution >= 0.6 is 11.6 Å². The van der Waals surface area contributed by atoms with Crippen LogP contribution in [0.15, 0.2) is 109 Å². The lowest BCUT2D eigenvalue weighted by molar-refractivity contribution is 0.212. The van der Waals surface area contributed by atoms with Gasteiger partial charge in [0.05, 0.1) is 22.6 Å². The maximum absolute atomic E-state index is 10.3. The molecule has 3 heterocycles. The zero-order chi connectivity index (χ0) is 29.3. The van der Waals surface area contributed by atoms with E-state index in [2.05, 4.69) is 106 Å². The number of hydrogen-bond donors (Lipinski definition) is 0. The summed E-state index contributed by atoms with van der Waals surface area (Å²) < 4.78 is 2.23. The third-order valence-electron chi connectivity index (χ3n) is 8.72. The predicted octanol–water partition coefficient (Wildman–Crippen LogP) is 7.82. The van der Waals surface area contributed by atoms with Gasteiger partial charge in [-0.15, -0.1) is 0 Å². The summed E-state index contributed by atoms with van der Waals surface area (Å²) in [5.41, 5.74) is 9.08. The SMILES string of the molecule is Cc1c(Cc2ccccc2)c(N2CCN(C(c3ccccc3)c3ccccc3Cl)CC2)n2c(nc3ccccc32)c1C#N. The molecule has 1 aliphatic rings. The Hall–Kier alpha value is -4.63. The van der Waals surface area contributed by atoms with Gasteiger partial charge in [0.25, 0.3) is 0 Å². The average Bonchev–Trinajstić information content (AvgIpc) is 3.43. The van der Waals surface area contributed by atoms with Crippen molar-refractivity contribution < 1.29 is 0 Å². The number of aromatic nitrogens is 2. The minimum atomic E-state index is 0.0673. The van der Waals surface area contributed by atoms with Crippen molar-refractivity contribution in [3.8, 4) is 6.07 Å². The first-order valence-electron chi connectivity index (χ1n) is 14.8. The van der Waals surface area contributed by atoms with Crippen LogP contribution in [0.25, 0.3) is 16.7 Å². The Kier molecular flexibility index (Phi) is 7.32. The molecule has 1 unspecified atom stereocenters. The van der Waals surface area contributed by atoms with Gasteiger partial charge in [-0.2, -0.15) is 5.26 Å². The van der Waals surface area contributed by atoms with Crippen LogP contribution in [-0.2, 0) is 6.42 Å². The van der Waals surface area contributed by atoms with Gasteiger partial charge in [-0.1, -0.05) is 103 Å². The number of anilines is 1. The molecule has 2 aromatic heterocycles. The molecule has 1 fully saturated rings. The molecule has 0 aliphatic carbocycles. The van der Waals surface area contributed by atoms with Gasteiger partial charge in [0, 0.05) is 43.2 Å². The van der Waals surface area contributed by atoms with Crippen molar-refractivity contribution in [3.05, 3.63) is 148 Å². The number of rotatable bonds is 6. The standard InChI is InChI=1S/C37H32ClN5/c1-26-30(24-27-12-4-2-5-13-27)37(43-34-19-11-10-18-33(34)40-36(43)31(26)25-39)42-22-20-41(21-23-42)35(28-14-6-3-7-15-28)29-16-8-9-17-32(29)38/h2-19,35H,20-24H2,1H3. The molecular formula is C37H32ClN5. The van der Waals surface area contributed by atoms with Gasteiger partial charge < -0.3 is 4.90 Å². The fourth-order valence-electron chi connectivity index (χ4n) is 6.62. The highest BCUT2D eigenvalue weighted by atomic mass is 35.5. The van der Waals surface area contributed by atoms with E-state index in [1.807, 2.05) is 30.3 Å². The number of nitriles is 1.